The Balaban J connectivity index is 2.88. The van der Waals surface area contributed by atoms with E-state index in [1.807, 2.05) is 27.7 Å². The third-order valence-electron chi connectivity index (χ3n) is 3.92. The van der Waals surface area contributed by atoms with E-state index >= 15 is 0 Å². The second-order valence-electron chi connectivity index (χ2n) is 4.92. The zero-order valence-corrected chi connectivity index (χ0v) is 8.50. The van der Waals surface area contributed by atoms with E-state index in [4.69, 9.17) is 5.11 Å². The Kier molecular flexibility index (Phi) is 2.02. The van der Waals surface area contributed by atoms with Crippen LogP contribution in [0, 0.1) is 22.7 Å². The Morgan fingerprint density at radius 1 is 1.31 bits per heavy atom. The molecule has 1 rings (SSSR count). The van der Waals surface area contributed by atoms with E-state index in [9.17, 15) is 9.59 Å². The van der Waals surface area contributed by atoms with Crippen LogP contribution in [0.1, 0.15) is 27.7 Å². The quantitative estimate of drug-likeness (QED) is 0.535. The van der Waals surface area contributed by atoms with Gasteiger partial charge in [0.25, 0.3) is 0 Å². The van der Waals surface area contributed by atoms with Gasteiger partial charge in [-0.05, 0) is 16.7 Å². The van der Waals surface area contributed by atoms with Gasteiger partial charge < -0.3 is 9.90 Å². The van der Waals surface area contributed by atoms with Gasteiger partial charge in [-0.15, -0.1) is 0 Å². The lowest BCUT2D eigenvalue weighted by Gasteiger charge is -2.05. The minimum atomic E-state index is -1.00. The third-order valence-corrected chi connectivity index (χ3v) is 3.92. The van der Waals surface area contributed by atoms with Crippen molar-refractivity contribution in [1.29, 1.82) is 0 Å². The summed E-state index contributed by atoms with van der Waals surface area (Å²) >= 11 is 0. The SMILES string of the molecule is CC1(C)C(C(C=O)C(=O)O)C1(C)C. The average molecular weight is 184 g/mol. The van der Waals surface area contributed by atoms with Gasteiger partial charge in [-0.1, -0.05) is 27.7 Å². The van der Waals surface area contributed by atoms with Crippen LogP contribution in [0.5, 0.6) is 0 Å². The van der Waals surface area contributed by atoms with Gasteiger partial charge in [0.05, 0.1) is 0 Å². The Bertz CT molecular complexity index is 239. The number of aliphatic carboxylic acids is 1. The third kappa shape index (κ3) is 1.18. The van der Waals surface area contributed by atoms with E-state index in [2.05, 4.69) is 0 Å². The smallest absolute Gasteiger partial charge is 0.314 e. The molecule has 1 atom stereocenters. The van der Waals surface area contributed by atoms with Crippen molar-refractivity contribution in [2.24, 2.45) is 22.7 Å². The second-order valence-corrected chi connectivity index (χ2v) is 4.92. The monoisotopic (exact) mass is 184 g/mol. The van der Waals surface area contributed by atoms with Gasteiger partial charge in [-0.2, -0.15) is 0 Å². The van der Waals surface area contributed by atoms with Gasteiger partial charge in [0.2, 0.25) is 0 Å². The molecule has 74 valence electrons. The van der Waals surface area contributed by atoms with Crippen molar-refractivity contribution in [3.05, 3.63) is 0 Å². The fraction of sp³-hybridized carbons (Fsp3) is 0.800. The van der Waals surface area contributed by atoms with E-state index in [1.165, 1.54) is 0 Å². The fourth-order valence-corrected chi connectivity index (χ4v) is 2.42. The summed E-state index contributed by atoms with van der Waals surface area (Å²) in [6, 6.07) is 0. The molecular formula is C10H16O3. The summed E-state index contributed by atoms with van der Waals surface area (Å²) < 4.78 is 0. The predicted molar refractivity (Wildman–Crippen MR) is 48.2 cm³/mol. The number of hydrogen-bond donors (Lipinski definition) is 1. The van der Waals surface area contributed by atoms with Gasteiger partial charge >= 0.3 is 5.97 Å². The van der Waals surface area contributed by atoms with Crippen molar-refractivity contribution in [2.75, 3.05) is 0 Å². The van der Waals surface area contributed by atoms with Crippen molar-refractivity contribution in [3.8, 4) is 0 Å². The van der Waals surface area contributed by atoms with Gasteiger partial charge in [0.15, 0.2) is 0 Å². The molecular weight excluding hydrogens is 168 g/mol. The van der Waals surface area contributed by atoms with Crippen LogP contribution in [0.15, 0.2) is 0 Å². The van der Waals surface area contributed by atoms with Gasteiger partial charge in [0.1, 0.15) is 12.2 Å². The number of carbonyl (C=O) groups excluding carboxylic acids is 1. The van der Waals surface area contributed by atoms with Crippen LogP contribution in [-0.4, -0.2) is 17.4 Å². The zero-order chi connectivity index (χ0) is 10.4. The van der Waals surface area contributed by atoms with Crippen LogP contribution >= 0.6 is 0 Å². The lowest BCUT2D eigenvalue weighted by atomic mass is 9.98. The molecule has 0 aromatic rings. The van der Waals surface area contributed by atoms with Crippen molar-refractivity contribution < 1.29 is 14.7 Å². The molecule has 0 aromatic heterocycles. The van der Waals surface area contributed by atoms with Gasteiger partial charge in [0, 0.05) is 0 Å². The number of hydrogen-bond acceptors (Lipinski definition) is 2. The molecule has 0 heterocycles. The highest BCUT2D eigenvalue weighted by Crippen LogP contribution is 2.70. The lowest BCUT2D eigenvalue weighted by Crippen LogP contribution is -2.20. The van der Waals surface area contributed by atoms with Crippen LogP contribution in [0.4, 0.5) is 0 Å². The highest BCUT2D eigenvalue weighted by Gasteiger charge is 2.68. The molecule has 1 aliphatic carbocycles. The van der Waals surface area contributed by atoms with E-state index in [-0.39, 0.29) is 16.7 Å². The minimum Gasteiger partial charge on any atom is -0.481 e. The van der Waals surface area contributed by atoms with E-state index in [0.717, 1.165) is 0 Å². The first kappa shape index (κ1) is 10.2. The molecule has 1 unspecified atom stereocenters. The van der Waals surface area contributed by atoms with Crippen molar-refractivity contribution in [1.82, 2.24) is 0 Å². The largest absolute Gasteiger partial charge is 0.481 e. The summed E-state index contributed by atoms with van der Waals surface area (Å²) in [5.41, 5.74) is -0.0894. The number of carbonyl (C=O) groups is 2. The van der Waals surface area contributed by atoms with E-state index < -0.39 is 11.9 Å². The summed E-state index contributed by atoms with van der Waals surface area (Å²) in [4.78, 5) is 21.4. The molecule has 0 amide bonds. The van der Waals surface area contributed by atoms with Gasteiger partial charge in [-0.3, -0.25) is 4.79 Å². The van der Waals surface area contributed by atoms with Gasteiger partial charge in [-0.25, -0.2) is 0 Å². The van der Waals surface area contributed by atoms with Crippen molar-refractivity contribution in [2.45, 2.75) is 27.7 Å². The molecule has 0 bridgehead atoms. The average Bonchev–Trinajstić information content (AvgIpc) is 2.32. The van der Waals surface area contributed by atoms with Crippen LogP contribution in [-0.2, 0) is 9.59 Å². The van der Waals surface area contributed by atoms with Crippen LogP contribution in [0.25, 0.3) is 0 Å². The maximum absolute atomic E-state index is 10.8. The number of carboxylic acid groups (broad SMARTS) is 1. The molecule has 0 spiro atoms. The number of carboxylic acids is 1. The fourth-order valence-electron chi connectivity index (χ4n) is 2.42. The summed E-state index contributed by atoms with van der Waals surface area (Å²) in [5, 5.41) is 8.82. The molecule has 1 saturated carbocycles. The number of aldehydes is 1. The topological polar surface area (TPSA) is 54.4 Å². The number of rotatable bonds is 3. The maximum Gasteiger partial charge on any atom is 0.314 e. The van der Waals surface area contributed by atoms with E-state index in [1.54, 1.807) is 0 Å². The summed E-state index contributed by atoms with van der Waals surface area (Å²) in [6.45, 7) is 8.04. The predicted octanol–water partition coefficient (Wildman–Crippen LogP) is 1.57. The molecule has 1 N–H and O–H groups in total. The summed E-state index contributed by atoms with van der Waals surface area (Å²) in [6.07, 6.45) is 0.559. The first-order valence-corrected chi connectivity index (χ1v) is 4.45. The Hall–Kier alpha value is -0.860. The Morgan fingerprint density at radius 2 is 1.69 bits per heavy atom. The first-order valence-electron chi connectivity index (χ1n) is 4.45. The van der Waals surface area contributed by atoms with Crippen molar-refractivity contribution >= 4 is 12.3 Å². The van der Waals surface area contributed by atoms with Crippen LogP contribution in [0.2, 0.25) is 0 Å². The standard InChI is InChI=1S/C10H16O3/c1-9(2)7(10(9,3)4)6(5-11)8(12)13/h5-7H,1-4H3,(H,12,13). The molecule has 0 aliphatic heterocycles. The molecule has 1 fully saturated rings. The molecule has 13 heavy (non-hydrogen) atoms. The molecule has 0 radical (unpaired) electrons. The highest BCUT2D eigenvalue weighted by molar-refractivity contribution is 5.87. The molecule has 0 aromatic carbocycles. The molecule has 3 nitrogen and oxygen atoms in total. The molecule has 0 saturated heterocycles. The maximum atomic E-state index is 10.8. The van der Waals surface area contributed by atoms with Crippen molar-refractivity contribution in [3.63, 3.8) is 0 Å². The molecule has 1 aliphatic rings. The normalized spacial score (nSPS) is 26.5. The second kappa shape index (κ2) is 2.56. The Labute approximate surface area is 78.1 Å². The minimum absolute atomic E-state index is 0.0324. The van der Waals surface area contributed by atoms with E-state index in [0.29, 0.717) is 6.29 Å². The summed E-state index contributed by atoms with van der Waals surface area (Å²) in [7, 11) is 0. The summed E-state index contributed by atoms with van der Waals surface area (Å²) in [5.74, 6) is -1.88. The zero-order valence-electron chi connectivity index (χ0n) is 8.50. The van der Waals surface area contributed by atoms with Crippen LogP contribution in [0.3, 0.4) is 0 Å². The van der Waals surface area contributed by atoms with Crippen LogP contribution < -0.4 is 0 Å². The first-order chi connectivity index (χ1) is 5.76. The Morgan fingerprint density at radius 3 is 1.77 bits per heavy atom. The lowest BCUT2D eigenvalue weighted by molar-refractivity contribution is -0.144. The highest BCUT2D eigenvalue weighted by atomic mass is 16.4. The molecule has 3 heteroatoms.